The van der Waals surface area contributed by atoms with Gasteiger partial charge < -0.3 is 14.8 Å². The third kappa shape index (κ3) is 7.78. The summed E-state index contributed by atoms with van der Waals surface area (Å²) in [5.74, 6) is 0.751. The lowest BCUT2D eigenvalue weighted by Gasteiger charge is -2.60. The third-order valence-corrected chi connectivity index (χ3v) is 10.5. The molecule has 5 fully saturated rings. The fourth-order valence-corrected chi connectivity index (χ4v) is 8.01. The second kappa shape index (κ2) is 15.0. The van der Waals surface area contributed by atoms with Gasteiger partial charge in [-0.1, -0.05) is 104 Å². The Kier molecular flexibility index (Phi) is 12.0. The van der Waals surface area contributed by atoms with Gasteiger partial charge in [0.15, 0.2) is 11.9 Å². The van der Waals surface area contributed by atoms with E-state index in [1.807, 2.05) is 6.92 Å². The number of hydrogen-bond acceptors (Lipinski definition) is 5. The Balaban J connectivity index is 1.09. The van der Waals surface area contributed by atoms with Crippen molar-refractivity contribution < 1.29 is 24.0 Å². The van der Waals surface area contributed by atoms with E-state index in [4.69, 9.17) is 19.2 Å². The zero-order valence-corrected chi connectivity index (χ0v) is 25.6. The Bertz CT molecular complexity index is 748. The number of carbonyl (C=O) groups is 1. The molecule has 8 atom stereocenters. The van der Waals surface area contributed by atoms with Crippen molar-refractivity contribution in [2.45, 2.75) is 173 Å². The van der Waals surface area contributed by atoms with Crippen LogP contribution in [0.25, 0.3) is 0 Å². The molecule has 0 unspecified atom stereocenters. The van der Waals surface area contributed by atoms with Crippen molar-refractivity contribution in [3.63, 3.8) is 0 Å². The van der Waals surface area contributed by atoms with Crippen molar-refractivity contribution in [3.05, 3.63) is 0 Å². The molecular weight excluding hydrogens is 490 g/mol. The second-order valence-corrected chi connectivity index (χ2v) is 13.6. The van der Waals surface area contributed by atoms with Gasteiger partial charge in [-0.05, 0) is 50.4 Å². The standard InChI is InChI=1S/C33H59NO5/c1-5-6-7-8-9-10-11-12-13-14-15-16-17-18-23-34-30(35)24-29-26(3)28-20-19-25(2)27-21-22-32(4)37-31(36-29)33(27,28)39-38-32/h25-29,31H,5-24H2,1-4H3,(H,34,35)/t25-,26-,27+,28+,29-,31-,32-,33-/m1/s1. The number of hydrogen-bond donors (Lipinski definition) is 1. The van der Waals surface area contributed by atoms with Crippen LogP contribution in [-0.2, 0) is 24.0 Å². The first-order valence-electron chi connectivity index (χ1n) is 16.9. The Morgan fingerprint density at radius 1 is 0.795 bits per heavy atom. The van der Waals surface area contributed by atoms with Gasteiger partial charge in [-0.2, -0.15) is 0 Å². The minimum absolute atomic E-state index is 0.0976. The van der Waals surface area contributed by atoms with Gasteiger partial charge in [0, 0.05) is 18.9 Å². The van der Waals surface area contributed by atoms with Crippen LogP contribution in [0.1, 0.15) is 150 Å². The van der Waals surface area contributed by atoms with Crippen LogP contribution >= 0.6 is 0 Å². The third-order valence-electron chi connectivity index (χ3n) is 10.5. The molecule has 39 heavy (non-hydrogen) atoms. The second-order valence-electron chi connectivity index (χ2n) is 13.6. The lowest BCUT2D eigenvalue weighted by molar-refractivity contribution is -0.570. The zero-order valence-electron chi connectivity index (χ0n) is 25.6. The first-order valence-corrected chi connectivity index (χ1v) is 16.9. The summed E-state index contributed by atoms with van der Waals surface area (Å²) in [5, 5.41) is 3.17. The van der Waals surface area contributed by atoms with Crippen LogP contribution in [0.3, 0.4) is 0 Å². The molecule has 0 radical (unpaired) electrons. The molecule has 6 nitrogen and oxygen atoms in total. The van der Waals surface area contributed by atoms with Crippen LogP contribution in [0, 0.1) is 23.7 Å². The number of fused-ring (bicyclic) bond motifs is 2. The van der Waals surface area contributed by atoms with E-state index < -0.39 is 17.7 Å². The van der Waals surface area contributed by atoms with Crippen LogP contribution in [0.4, 0.5) is 0 Å². The topological polar surface area (TPSA) is 66.0 Å². The van der Waals surface area contributed by atoms with Crippen LogP contribution in [-0.4, -0.2) is 36.2 Å². The molecule has 6 heteroatoms. The summed E-state index contributed by atoms with van der Waals surface area (Å²) in [6.45, 7) is 9.56. The maximum Gasteiger partial charge on any atom is 0.222 e. The van der Waals surface area contributed by atoms with Crippen molar-refractivity contribution in [2.75, 3.05) is 6.54 Å². The number of nitrogens with one attached hydrogen (secondary N) is 1. The van der Waals surface area contributed by atoms with Gasteiger partial charge in [0.25, 0.3) is 0 Å². The smallest absolute Gasteiger partial charge is 0.222 e. The number of unbranched alkanes of at least 4 members (excludes halogenated alkanes) is 13. The summed E-state index contributed by atoms with van der Waals surface area (Å²) in [6, 6.07) is 0. The van der Waals surface area contributed by atoms with Crippen molar-refractivity contribution in [1.82, 2.24) is 5.32 Å². The minimum atomic E-state index is -0.765. The summed E-state index contributed by atoms with van der Waals surface area (Å²) >= 11 is 0. The predicted octanol–water partition coefficient (Wildman–Crippen LogP) is 8.22. The van der Waals surface area contributed by atoms with Crippen molar-refractivity contribution >= 4 is 5.91 Å². The summed E-state index contributed by atoms with van der Waals surface area (Å²) < 4.78 is 13.0. The van der Waals surface area contributed by atoms with Crippen LogP contribution in [0.2, 0.25) is 0 Å². The average Bonchev–Trinajstić information content (AvgIpc) is 3.15. The molecule has 1 saturated carbocycles. The maximum absolute atomic E-state index is 12.9. The van der Waals surface area contributed by atoms with Crippen LogP contribution < -0.4 is 5.32 Å². The van der Waals surface area contributed by atoms with E-state index in [0.29, 0.717) is 18.3 Å². The lowest BCUT2D eigenvalue weighted by Crippen LogP contribution is -2.70. The molecule has 4 heterocycles. The van der Waals surface area contributed by atoms with Crippen LogP contribution in [0.15, 0.2) is 0 Å². The molecule has 4 saturated heterocycles. The monoisotopic (exact) mass is 549 g/mol. The Hall–Kier alpha value is -0.690. The van der Waals surface area contributed by atoms with E-state index in [9.17, 15) is 4.79 Å². The predicted molar refractivity (Wildman–Crippen MR) is 155 cm³/mol. The largest absolute Gasteiger partial charge is 0.356 e. The number of amides is 1. The quantitative estimate of drug-likeness (QED) is 0.146. The highest BCUT2D eigenvalue weighted by Gasteiger charge is 2.69. The first-order chi connectivity index (χ1) is 18.9. The highest BCUT2D eigenvalue weighted by atomic mass is 17.3. The van der Waals surface area contributed by atoms with Gasteiger partial charge >= 0.3 is 0 Å². The molecule has 1 amide bonds. The molecule has 1 aliphatic carbocycles. The minimum Gasteiger partial charge on any atom is -0.356 e. The number of ether oxygens (including phenoxy) is 2. The maximum atomic E-state index is 12.9. The van der Waals surface area contributed by atoms with E-state index in [0.717, 1.165) is 32.2 Å². The number of rotatable bonds is 17. The average molecular weight is 550 g/mol. The fraction of sp³-hybridized carbons (Fsp3) is 0.970. The molecule has 0 aromatic rings. The van der Waals surface area contributed by atoms with E-state index in [1.54, 1.807) is 0 Å². The van der Waals surface area contributed by atoms with E-state index in [1.165, 1.54) is 89.9 Å². The fourth-order valence-electron chi connectivity index (χ4n) is 8.01. The van der Waals surface area contributed by atoms with Gasteiger partial charge in [-0.25, -0.2) is 9.78 Å². The van der Waals surface area contributed by atoms with Gasteiger partial charge in [0.05, 0.1) is 12.5 Å². The molecule has 1 spiro atoms. The summed E-state index contributed by atoms with van der Waals surface area (Å²) in [5.41, 5.74) is -0.547. The molecule has 2 bridgehead atoms. The van der Waals surface area contributed by atoms with Gasteiger partial charge in [0.1, 0.15) is 0 Å². The molecule has 4 aliphatic heterocycles. The van der Waals surface area contributed by atoms with Crippen LogP contribution in [0.5, 0.6) is 0 Å². The molecular formula is C33H59NO5. The van der Waals surface area contributed by atoms with Gasteiger partial charge in [0.2, 0.25) is 11.7 Å². The zero-order chi connectivity index (χ0) is 27.7. The van der Waals surface area contributed by atoms with E-state index >= 15 is 0 Å². The summed E-state index contributed by atoms with van der Waals surface area (Å²) in [7, 11) is 0. The highest BCUT2D eigenvalue weighted by molar-refractivity contribution is 5.76. The van der Waals surface area contributed by atoms with E-state index in [-0.39, 0.29) is 23.8 Å². The van der Waals surface area contributed by atoms with Gasteiger partial charge in [-0.15, -0.1) is 0 Å². The van der Waals surface area contributed by atoms with Gasteiger partial charge in [-0.3, -0.25) is 4.79 Å². The summed E-state index contributed by atoms with van der Waals surface area (Å²) in [4.78, 5) is 25.0. The Labute approximate surface area is 238 Å². The molecule has 5 aliphatic rings. The van der Waals surface area contributed by atoms with Crippen molar-refractivity contribution in [3.8, 4) is 0 Å². The Morgan fingerprint density at radius 3 is 2.05 bits per heavy atom. The number of carbonyl (C=O) groups excluding carboxylic acids is 1. The van der Waals surface area contributed by atoms with Crippen molar-refractivity contribution in [2.24, 2.45) is 23.7 Å². The Morgan fingerprint density at radius 2 is 1.41 bits per heavy atom. The van der Waals surface area contributed by atoms with Crippen molar-refractivity contribution in [1.29, 1.82) is 0 Å². The normalized spacial score (nSPS) is 37.3. The van der Waals surface area contributed by atoms with E-state index in [2.05, 4.69) is 26.1 Å². The molecule has 5 rings (SSSR count). The molecule has 1 N–H and O–H groups in total. The lowest BCUT2D eigenvalue weighted by atomic mass is 9.57. The summed E-state index contributed by atoms with van der Waals surface area (Å²) in [6.07, 6.45) is 22.7. The first kappa shape index (κ1) is 31.3. The highest BCUT2D eigenvalue weighted by Crippen LogP contribution is 2.60. The SMILES string of the molecule is CCCCCCCCCCCCCCCCNC(=O)C[C@H]1O[C@@H]2O[C@@]3(C)CC[C@H]4[C@H](C)CC[C@@H]([C@H]1C)[C@@]24OO3. The molecule has 226 valence electrons. The molecule has 0 aromatic carbocycles. The molecule has 0 aromatic heterocycles.